The average Bonchev–Trinajstić information content (AvgIpc) is 3.49. The van der Waals surface area contributed by atoms with Gasteiger partial charge in [-0.3, -0.25) is 4.79 Å². The lowest BCUT2D eigenvalue weighted by molar-refractivity contribution is 0.452. The number of hydrogen-bond acceptors (Lipinski definition) is 8. The third kappa shape index (κ3) is 3.01. The Morgan fingerprint density at radius 1 is 1.12 bits per heavy atom. The SMILES string of the molecule is O=c1c2c(Cl)cccc2nc(C2CCCN2c2ncnn3ccnc23)n1N1CCNCC1. The zero-order chi connectivity index (χ0) is 21.7. The predicted molar refractivity (Wildman–Crippen MR) is 122 cm³/mol. The monoisotopic (exact) mass is 451 g/mol. The molecule has 1 N–H and O–H groups in total. The van der Waals surface area contributed by atoms with Gasteiger partial charge in [-0.2, -0.15) is 5.10 Å². The number of nitrogens with one attached hydrogen (secondary N) is 1. The normalized spacial score (nSPS) is 19.3. The molecule has 2 fully saturated rings. The third-order valence-corrected chi connectivity index (χ3v) is 6.54. The van der Waals surface area contributed by atoms with Crippen LogP contribution in [0.4, 0.5) is 5.82 Å². The molecular formula is C21H22ClN9O. The van der Waals surface area contributed by atoms with E-state index < -0.39 is 0 Å². The van der Waals surface area contributed by atoms with E-state index >= 15 is 0 Å². The minimum absolute atomic E-state index is 0.114. The molecule has 0 aliphatic carbocycles. The maximum atomic E-state index is 13.8. The molecule has 6 rings (SSSR count). The Hall–Kier alpha value is -3.24. The first-order valence-corrected chi connectivity index (χ1v) is 11.2. The number of imidazole rings is 1. The number of fused-ring (bicyclic) bond motifs is 2. The van der Waals surface area contributed by atoms with Crippen LogP contribution in [0, 0.1) is 0 Å². The number of nitrogens with zero attached hydrogens (tertiary/aromatic N) is 8. The Bertz CT molecular complexity index is 1360. The van der Waals surface area contributed by atoms with E-state index in [2.05, 4.69) is 30.3 Å². The fourth-order valence-electron chi connectivity index (χ4n) is 4.78. The number of piperazine rings is 1. The summed E-state index contributed by atoms with van der Waals surface area (Å²) in [7, 11) is 0. The highest BCUT2D eigenvalue weighted by molar-refractivity contribution is 6.35. The molecule has 2 aliphatic heterocycles. The molecule has 164 valence electrons. The van der Waals surface area contributed by atoms with Crippen molar-refractivity contribution in [3.8, 4) is 0 Å². The van der Waals surface area contributed by atoms with Gasteiger partial charge in [-0.15, -0.1) is 0 Å². The van der Waals surface area contributed by atoms with Gasteiger partial charge >= 0.3 is 0 Å². The lowest BCUT2D eigenvalue weighted by atomic mass is 10.1. The van der Waals surface area contributed by atoms with E-state index in [-0.39, 0.29) is 11.6 Å². The number of hydrogen-bond donors (Lipinski definition) is 1. The lowest BCUT2D eigenvalue weighted by Gasteiger charge is -2.35. The molecule has 2 saturated heterocycles. The first-order chi connectivity index (χ1) is 15.7. The van der Waals surface area contributed by atoms with Crippen molar-refractivity contribution in [2.24, 2.45) is 0 Å². The van der Waals surface area contributed by atoms with Crippen molar-refractivity contribution < 1.29 is 0 Å². The zero-order valence-corrected chi connectivity index (χ0v) is 18.1. The quantitative estimate of drug-likeness (QED) is 0.499. The molecule has 1 atom stereocenters. The molecule has 0 bridgehead atoms. The molecule has 0 saturated carbocycles. The topological polar surface area (TPSA) is 96.5 Å². The van der Waals surface area contributed by atoms with Gasteiger partial charge in [0.25, 0.3) is 5.56 Å². The van der Waals surface area contributed by atoms with Crippen molar-refractivity contribution in [3.05, 3.63) is 58.1 Å². The second-order valence-corrected chi connectivity index (χ2v) is 8.46. The van der Waals surface area contributed by atoms with E-state index in [0.717, 1.165) is 51.4 Å². The van der Waals surface area contributed by atoms with Crippen LogP contribution in [-0.2, 0) is 0 Å². The van der Waals surface area contributed by atoms with E-state index in [1.54, 1.807) is 27.7 Å². The van der Waals surface area contributed by atoms with Crippen LogP contribution in [0.15, 0.2) is 41.7 Å². The summed E-state index contributed by atoms with van der Waals surface area (Å²) >= 11 is 6.44. The number of halogens is 1. The summed E-state index contributed by atoms with van der Waals surface area (Å²) < 4.78 is 3.47. The highest BCUT2D eigenvalue weighted by atomic mass is 35.5. The van der Waals surface area contributed by atoms with E-state index in [1.165, 1.54) is 6.33 Å². The van der Waals surface area contributed by atoms with E-state index in [0.29, 0.717) is 27.4 Å². The predicted octanol–water partition coefficient (Wildman–Crippen LogP) is 1.37. The highest BCUT2D eigenvalue weighted by Crippen LogP contribution is 2.36. The Morgan fingerprint density at radius 3 is 2.88 bits per heavy atom. The van der Waals surface area contributed by atoms with Gasteiger partial charge in [-0.05, 0) is 25.0 Å². The van der Waals surface area contributed by atoms with Gasteiger partial charge < -0.3 is 15.2 Å². The van der Waals surface area contributed by atoms with Crippen molar-refractivity contribution in [3.63, 3.8) is 0 Å². The summed E-state index contributed by atoms with van der Waals surface area (Å²) in [5, 5.41) is 10.6. The van der Waals surface area contributed by atoms with Crippen LogP contribution in [-0.4, -0.2) is 62.0 Å². The van der Waals surface area contributed by atoms with Crippen LogP contribution in [0.2, 0.25) is 5.02 Å². The van der Waals surface area contributed by atoms with Gasteiger partial charge in [0, 0.05) is 45.1 Å². The van der Waals surface area contributed by atoms with Crippen LogP contribution in [0.5, 0.6) is 0 Å². The molecule has 1 aromatic carbocycles. The summed E-state index contributed by atoms with van der Waals surface area (Å²) in [5.74, 6) is 1.47. The maximum Gasteiger partial charge on any atom is 0.281 e. The third-order valence-electron chi connectivity index (χ3n) is 6.23. The molecule has 4 aromatic rings. The summed E-state index contributed by atoms with van der Waals surface area (Å²) in [5.41, 5.74) is 1.18. The van der Waals surface area contributed by atoms with E-state index in [1.807, 2.05) is 12.1 Å². The Labute approximate surface area is 188 Å². The second-order valence-electron chi connectivity index (χ2n) is 8.06. The zero-order valence-electron chi connectivity index (χ0n) is 17.4. The minimum Gasteiger partial charge on any atom is -0.343 e. The van der Waals surface area contributed by atoms with Crippen LogP contribution in [0.3, 0.4) is 0 Å². The van der Waals surface area contributed by atoms with Crippen LogP contribution < -0.4 is 20.8 Å². The van der Waals surface area contributed by atoms with Crippen LogP contribution >= 0.6 is 11.6 Å². The van der Waals surface area contributed by atoms with Gasteiger partial charge in [0.1, 0.15) is 6.33 Å². The summed E-state index contributed by atoms with van der Waals surface area (Å²) in [6.45, 7) is 3.85. The second kappa shape index (κ2) is 7.72. The van der Waals surface area contributed by atoms with Gasteiger partial charge in [0.15, 0.2) is 17.3 Å². The molecule has 11 heteroatoms. The van der Waals surface area contributed by atoms with Crippen LogP contribution in [0.1, 0.15) is 24.7 Å². The fourth-order valence-corrected chi connectivity index (χ4v) is 5.03. The molecule has 0 amide bonds. The van der Waals surface area contributed by atoms with Crippen molar-refractivity contribution in [1.82, 2.24) is 34.6 Å². The van der Waals surface area contributed by atoms with E-state index in [9.17, 15) is 4.79 Å². The first kappa shape index (κ1) is 19.4. The Balaban J connectivity index is 1.56. The Kier molecular flexibility index (Phi) is 4.69. The fraction of sp³-hybridized carbons (Fsp3) is 0.381. The Morgan fingerprint density at radius 2 is 2.00 bits per heavy atom. The molecule has 32 heavy (non-hydrogen) atoms. The average molecular weight is 452 g/mol. The smallest absolute Gasteiger partial charge is 0.281 e. The molecule has 3 aromatic heterocycles. The van der Waals surface area contributed by atoms with Gasteiger partial charge in [0.2, 0.25) is 0 Å². The summed E-state index contributed by atoms with van der Waals surface area (Å²) in [6.07, 6.45) is 6.88. The van der Waals surface area contributed by atoms with Gasteiger partial charge in [-0.1, -0.05) is 17.7 Å². The molecular weight excluding hydrogens is 430 g/mol. The standard InChI is InChI=1S/C21H22ClN9O/c22-14-3-1-4-15-17(14)21(32)31(28-10-6-23-7-11-28)18(27-15)16-5-2-9-29(16)19-20-24-8-12-30(20)26-13-25-19/h1,3-4,8,12-13,16,23H,2,5-7,9-11H2. The lowest BCUT2D eigenvalue weighted by Crippen LogP contribution is -2.54. The maximum absolute atomic E-state index is 13.8. The molecule has 0 spiro atoms. The van der Waals surface area contributed by atoms with Gasteiger partial charge in [-0.25, -0.2) is 24.1 Å². The molecule has 10 nitrogen and oxygen atoms in total. The van der Waals surface area contributed by atoms with Crippen LogP contribution in [0.25, 0.3) is 16.6 Å². The van der Waals surface area contributed by atoms with E-state index in [4.69, 9.17) is 16.6 Å². The van der Waals surface area contributed by atoms with Crippen molar-refractivity contribution in [1.29, 1.82) is 0 Å². The number of rotatable bonds is 3. The molecule has 2 aliphatic rings. The molecule has 5 heterocycles. The molecule has 1 unspecified atom stereocenters. The highest BCUT2D eigenvalue weighted by Gasteiger charge is 2.34. The largest absolute Gasteiger partial charge is 0.343 e. The summed E-state index contributed by atoms with van der Waals surface area (Å²) in [6, 6.07) is 5.31. The number of benzene rings is 1. The van der Waals surface area contributed by atoms with Crippen molar-refractivity contribution in [2.75, 3.05) is 42.6 Å². The van der Waals surface area contributed by atoms with Crippen molar-refractivity contribution >= 4 is 34.0 Å². The van der Waals surface area contributed by atoms with Gasteiger partial charge in [0.05, 0.1) is 22.0 Å². The number of anilines is 1. The number of aromatic nitrogens is 6. The van der Waals surface area contributed by atoms with Crippen molar-refractivity contribution in [2.45, 2.75) is 18.9 Å². The molecule has 0 radical (unpaired) electrons. The minimum atomic E-state index is -0.127. The first-order valence-electron chi connectivity index (χ1n) is 10.8. The summed E-state index contributed by atoms with van der Waals surface area (Å²) in [4.78, 5) is 30.0.